The first-order valence-corrected chi connectivity index (χ1v) is 5.28. The molecule has 2 nitrogen and oxygen atoms in total. The van der Waals surface area contributed by atoms with E-state index in [1.165, 1.54) is 32.2 Å². The van der Waals surface area contributed by atoms with Crippen molar-refractivity contribution in [2.75, 3.05) is 13.2 Å². The molecule has 3 aliphatic rings. The number of nitrogens with one attached hydrogen (secondary N) is 1. The van der Waals surface area contributed by atoms with E-state index in [0.29, 0.717) is 12.1 Å². The zero-order valence-corrected chi connectivity index (χ0v) is 7.46. The Kier molecular flexibility index (Phi) is 1.66. The first-order chi connectivity index (χ1) is 5.93. The quantitative estimate of drug-likeness (QED) is 0.681. The maximum absolute atomic E-state index is 5.95. The zero-order valence-electron chi connectivity index (χ0n) is 7.46. The highest BCUT2D eigenvalue weighted by Gasteiger charge is 2.42. The van der Waals surface area contributed by atoms with Crippen molar-refractivity contribution >= 4 is 0 Å². The summed E-state index contributed by atoms with van der Waals surface area (Å²) < 4.78 is 5.95. The molecule has 0 spiro atoms. The lowest BCUT2D eigenvalue weighted by molar-refractivity contribution is 0.0311. The molecule has 3 unspecified atom stereocenters. The Morgan fingerprint density at radius 3 is 2.58 bits per heavy atom. The highest BCUT2D eigenvalue weighted by atomic mass is 16.5. The van der Waals surface area contributed by atoms with Crippen molar-refractivity contribution in [2.45, 2.75) is 37.8 Å². The van der Waals surface area contributed by atoms with Gasteiger partial charge in [0.1, 0.15) is 0 Å². The number of fused-ring (bicyclic) bond motifs is 2. The van der Waals surface area contributed by atoms with Crippen LogP contribution in [0.25, 0.3) is 0 Å². The van der Waals surface area contributed by atoms with Gasteiger partial charge >= 0.3 is 0 Å². The predicted molar refractivity (Wildman–Crippen MR) is 47.0 cm³/mol. The predicted octanol–water partition coefficient (Wildman–Crippen LogP) is 1.16. The zero-order chi connectivity index (χ0) is 7.97. The monoisotopic (exact) mass is 167 g/mol. The summed E-state index contributed by atoms with van der Waals surface area (Å²) in [4.78, 5) is 0. The Balaban J connectivity index is 1.54. The Bertz CT molecular complexity index is 159. The van der Waals surface area contributed by atoms with E-state index in [2.05, 4.69) is 5.32 Å². The van der Waals surface area contributed by atoms with Gasteiger partial charge in [0.25, 0.3) is 0 Å². The Labute approximate surface area is 73.7 Å². The van der Waals surface area contributed by atoms with Gasteiger partial charge in [-0.1, -0.05) is 0 Å². The molecule has 3 fully saturated rings. The van der Waals surface area contributed by atoms with Gasteiger partial charge in [0.15, 0.2) is 0 Å². The molecule has 1 saturated heterocycles. The average molecular weight is 167 g/mol. The van der Waals surface area contributed by atoms with Gasteiger partial charge < -0.3 is 10.1 Å². The fourth-order valence-corrected chi connectivity index (χ4v) is 2.57. The van der Waals surface area contributed by atoms with Crippen molar-refractivity contribution in [3.63, 3.8) is 0 Å². The highest BCUT2D eigenvalue weighted by Crippen LogP contribution is 2.36. The number of hydrogen-bond donors (Lipinski definition) is 1. The maximum Gasteiger partial charge on any atom is 0.0768 e. The van der Waals surface area contributed by atoms with Gasteiger partial charge in [0, 0.05) is 19.2 Å². The molecule has 3 rings (SSSR count). The topological polar surface area (TPSA) is 21.3 Å². The third-order valence-corrected chi connectivity index (χ3v) is 3.57. The number of ether oxygens (including phenoxy) is 1. The van der Waals surface area contributed by atoms with Crippen molar-refractivity contribution in [1.82, 2.24) is 5.32 Å². The number of hydrogen-bond acceptors (Lipinski definition) is 2. The van der Waals surface area contributed by atoms with Crippen LogP contribution in [-0.4, -0.2) is 25.3 Å². The third kappa shape index (κ3) is 1.17. The summed E-state index contributed by atoms with van der Waals surface area (Å²) in [5.74, 6) is 1.76. The van der Waals surface area contributed by atoms with E-state index < -0.39 is 0 Å². The smallest absolute Gasteiger partial charge is 0.0768 e. The molecule has 0 aromatic rings. The van der Waals surface area contributed by atoms with E-state index in [1.54, 1.807) is 0 Å². The van der Waals surface area contributed by atoms with Gasteiger partial charge in [0.2, 0.25) is 0 Å². The van der Waals surface area contributed by atoms with Crippen LogP contribution in [0.5, 0.6) is 0 Å². The molecule has 0 amide bonds. The standard InChI is InChI=1S/C10H17NO/c1-2-7(1)6-12-10-8-3-4-9(10)11-5-8/h7-11H,1-6H2. The largest absolute Gasteiger partial charge is 0.376 e. The van der Waals surface area contributed by atoms with Gasteiger partial charge in [-0.25, -0.2) is 0 Å². The van der Waals surface area contributed by atoms with Gasteiger partial charge in [-0.15, -0.1) is 0 Å². The van der Waals surface area contributed by atoms with Crippen LogP contribution in [0.3, 0.4) is 0 Å². The summed E-state index contributed by atoms with van der Waals surface area (Å²) >= 11 is 0. The second kappa shape index (κ2) is 2.71. The molecule has 0 aromatic carbocycles. The van der Waals surface area contributed by atoms with Crippen molar-refractivity contribution in [3.8, 4) is 0 Å². The summed E-state index contributed by atoms with van der Waals surface area (Å²) in [5, 5.41) is 3.53. The van der Waals surface area contributed by atoms with Crippen LogP contribution in [-0.2, 0) is 4.74 Å². The first kappa shape index (κ1) is 7.34. The summed E-state index contributed by atoms with van der Waals surface area (Å²) in [6.45, 7) is 2.25. The number of rotatable bonds is 3. The van der Waals surface area contributed by atoms with E-state index in [0.717, 1.165) is 18.4 Å². The molecular weight excluding hydrogens is 150 g/mol. The highest BCUT2D eigenvalue weighted by molar-refractivity contribution is 4.98. The van der Waals surface area contributed by atoms with Crippen molar-refractivity contribution in [1.29, 1.82) is 0 Å². The number of piperidine rings is 1. The minimum Gasteiger partial charge on any atom is -0.376 e. The second-order valence-corrected chi connectivity index (χ2v) is 4.59. The molecule has 1 N–H and O–H groups in total. The molecule has 2 aliphatic carbocycles. The van der Waals surface area contributed by atoms with E-state index in [1.807, 2.05) is 0 Å². The average Bonchev–Trinajstić information content (AvgIpc) is 2.78. The Morgan fingerprint density at radius 2 is 2.08 bits per heavy atom. The van der Waals surface area contributed by atoms with Crippen LogP contribution in [0.1, 0.15) is 25.7 Å². The molecule has 0 aromatic heterocycles. The van der Waals surface area contributed by atoms with E-state index >= 15 is 0 Å². The van der Waals surface area contributed by atoms with Gasteiger partial charge in [-0.3, -0.25) is 0 Å². The van der Waals surface area contributed by atoms with E-state index in [9.17, 15) is 0 Å². The lowest BCUT2D eigenvalue weighted by Gasteiger charge is -2.15. The fraction of sp³-hybridized carbons (Fsp3) is 1.00. The lowest BCUT2D eigenvalue weighted by Crippen LogP contribution is -2.29. The summed E-state index contributed by atoms with van der Waals surface area (Å²) in [6.07, 6.45) is 6.14. The van der Waals surface area contributed by atoms with Crippen LogP contribution in [0.2, 0.25) is 0 Å². The van der Waals surface area contributed by atoms with Crippen molar-refractivity contribution in [2.24, 2.45) is 11.8 Å². The van der Waals surface area contributed by atoms with Crippen LogP contribution in [0, 0.1) is 11.8 Å². The summed E-state index contributed by atoms with van der Waals surface area (Å²) in [7, 11) is 0. The van der Waals surface area contributed by atoms with Gasteiger partial charge in [-0.05, 0) is 37.5 Å². The molecule has 68 valence electrons. The van der Waals surface area contributed by atoms with Crippen LogP contribution >= 0.6 is 0 Å². The van der Waals surface area contributed by atoms with Crippen molar-refractivity contribution < 1.29 is 4.74 Å². The lowest BCUT2D eigenvalue weighted by atomic mass is 10.1. The fourth-order valence-electron chi connectivity index (χ4n) is 2.57. The van der Waals surface area contributed by atoms with Crippen molar-refractivity contribution in [3.05, 3.63) is 0 Å². The van der Waals surface area contributed by atoms with Crippen LogP contribution in [0.4, 0.5) is 0 Å². The third-order valence-electron chi connectivity index (χ3n) is 3.57. The Hall–Kier alpha value is -0.0800. The molecular formula is C10H17NO. The molecule has 2 saturated carbocycles. The van der Waals surface area contributed by atoms with E-state index in [-0.39, 0.29) is 0 Å². The van der Waals surface area contributed by atoms with Crippen LogP contribution < -0.4 is 5.32 Å². The summed E-state index contributed by atoms with van der Waals surface area (Å²) in [5.41, 5.74) is 0. The molecule has 2 bridgehead atoms. The second-order valence-electron chi connectivity index (χ2n) is 4.59. The molecule has 1 heterocycles. The normalized spacial score (nSPS) is 45.5. The molecule has 3 atom stereocenters. The van der Waals surface area contributed by atoms with E-state index in [4.69, 9.17) is 4.74 Å². The minimum atomic E-state index is 0.575. The molecule has 2 heteroatoms. The van der Waals surface area contributed by atoms with Gasteiger partial charge in [-0.2, -0.15) is 0 Å². The van der Waals surface area contributed by atoms with Gasteiger partial charge in [0.05, 0.1) is 6.10 Å². The molecule has 0 radical (unpaired) electrons. The SMILES string of the molecule is C1CC1COC1C2CCC1NC2. The Morgan fingerprint density at radius 1 is 1.17 bits per heavy atom. The maximum atomic E-state index is 5.95. The minimum absolute atomic E-state index is 0.575. The molecule has 1 aliphatic heterocycles. The molecule has 12 heavy (non-hydrogen) atoms. The summed E-state index contributed by atoms with van der Waals surface area (Å²) in [6, 6.07) is 0.703. The first-order valence-electron chi connectivity index (χ1n) is 5.28. The van der Waals surface area contributed by atoms with Crippen LogP contribution in [0.15, 0.2) is 0 Å².